The fraction of sp³-hybridized carbons (Fsp3) is 0.429. The zero-order chi connectivity index (χ0) is 14.6. The number of urea groups is 1. The fourth-order valence-electron chi connectivity index (χ4n) is 1.42. The van der Waals surface area contributed by atoms with E-state index in [1.165, 1.54) is 0 Å². The first kappa shape index (κ1) is 15.8. The SMILES string of the molecule is CCOC(=O)CCNC(=O)NCCOc1ccccc1. The molecule has 20 heavy (non-hydrogen) atoms. The quantitative estimate of drug-likeness (QED) is 0.556. The van der Waals surface area contributed by atoms with Crippen LogP contribution in [0.3, 0.4) is 0 Å². The molecule has 1 rings (SSSR count). The van der Waals surface area contributed by atoms with Crippen molar-refractivity contribution in [1.82, 2.24) is 10.6 Å². The third-order valence-corrected chi connectivity index (χ3v) is 2.32. The Morgan fingerprint density at radius 3 is 2.50 bits per heavy atom. The van der Waals surface area contributed by atoms with E-state index < -0.39 is 0 Å². The van der Waals surface area contributed by atoms with Crippen molar-refractivity contribution in [2.24, 2.45) is 0 Å². The summed E-state index contributed by atoms with van der Waals surface area (Å²) in [4.78, 5) is 22.4. The van der Waals surface area contributed by atoms with E-state index in [-0.39, 0.29) is 25.0 Å². The predicted molar refractivity (Wildman–Crippen MR) is 74.6 cm³/mol. The van der Waals surface area contributed by atoms with Crippen molar-refractivity contribution in [3.05, 3.63) is 30.3 Å². The van der Waals surface area contributed by atoms with Crippen LogP contribution in [0.15, 0.2) is 30.3 Å². The topological polar surface area (TPSA) is 76.7 Å². The highest BCUT2D eigenvalue weighted by Gasteiger charge is 2.03. The molecule has 6 nitrogen and oxygen atoms in total. The minimum atomic E-state index is -0.328. The molecule has 0 aromatic heterocycles. The van der Waals surface area contributed by atoms with Gasteiger partial charge in [0, 0.05) is 6.54 Å². The van der Waals surface area contributed by atoms with Gasteiger partial charge in [0.15, 0.2) is 0 Å². The van der Waals surface area contributed by atoms with E-state index in [1.54, 1.807) is 6.92 Å². The molecule has 2 N–H and O–H groups in total. The molecule has 0 heterocycles. The van der Waals surface area contributed by atoms with Crippen LogP contribution in [0.1, 0.15) is 13.3 Å². The van der Waals surface area contributed by atoms with Crippen LogP contribution in [0.25, 0.3) is 0 Å². The molecule has 0 atom stereocenters. The number of amides is 2. The standard InChI is InChI=1S/C14H20N2O4/c1-2-19-13(17)8-9-15-14(18)16-10-11-20-12-6-4-3-5-7-12/h3-7H,2,8-11H2,1H3,(H2,15,16,18). The number of nitrogens with one attached hydrogen (secondary N) is 2. The van der Waals surface area contributed by atoms with E-state index in [0.717, 1.165) is 5.75 Å². The molecule has 0 aliphatic rings. The first-order valence-corrected chi connectivity index (χ1v) is 6.57. The number of esters is 1. The smallest absolute Gasteiger partial charge is 0.314 e. The fourth-order valence-corrected chi connectivity index (χ4v) is 1.42. The Bertz CT molecular complexity index is 409. The maximum Gasteiger partial charge on any atom is 0.314 e. The molecular formula is C14H20N2O4. The summed E-state index contributed by atoms with van der Waals surface area (Å²) in [6.45, 7) is 3.12. The zero-order valence-electron chi connectivity index (χ0n) is 11.6. The lowest BCUT2D eigenvalue weighted by molar-refractivity contribution is -0.142. The van der Waals surface area contributed by atoms with E-state index >= 15 is 0 Å². The summed E-state index contributed by atoms with van der Waals surface area (Å²) in [5.74, 6) is 0.442. The Morgan fingerprint density at radius 1 is 1.10 bits per heavy atom. The number of rotatable bonds is 8. The number of carbonyl (C=O) groups excluding carboxylic acids is 2. The number of benzene rings is 1. The molecule has 2 amide bonds. The molecule has 110 valence electrons. The molecule has 6 heteroatoms. The Morgan fingerprint density at radius 2 is 1.80 bits per heavy atom. The monoisotopic (exact) mass is 280 g/mol. The summed E-state index contributed by atoms with van der Waals surface area (Å²) in [6, 6.07) is 9.03. The Balaban J connectivity index is 2.01. The molecule has 0 fully saturated rings. The predicted octanol–water partition coefficient (Wildman–Crippen LogP) is 1.32. The normalized spacial score (nSPS) is 9.65. The van der Waals surface area contributed by atoms with Gasteiger partial charge >= 0.3 is 12.0 Å². The first-order valence-electron chi connectivity index (χ1n) is 6.57. The highest BCUT2D eigenvalue weighted by molar-refractivity contribution is 5.75. The van der Waals surface area contributed by atoms with Crippen LogP contribution in [0.4, 0.5) is 4.79 Å². The van der Waals surface area contributed by atoms with Crippen LogP contribution < -0.4 is 15.4 Å². The number of hydrogen-bond acceptors (Lipinski definition) is 4. The third-order valence-electron chi connectivity index (χ3n) is 2.32. The number of carbonyl (C=O) groups is 2. The zero-order valence-corrected chi connectivity index (χ0v) is 11.6. The molecule has 0 unspecified atom stereocenters. The van der Waals surface area contributed by atoms with Gasteiger partial charge in [-0.25, -0.2) is 4.79 Å². The van der Waals surface area contributed by atoms with Crippen LogP contribution in [-0.4, -0.2) is 38.3 Å². The lowest BCUT2D eigenvalue weighted by atomic mass is 10.3. The largest absolute Gasteiger partial charge is 0.492 e. The maximum atomic E-state index is 11.4. The van der Waals surface area contributed by atoms with Crippen LogP contribution in [-0.2, 0) is 9.53 Å². The Kier molecular flexibility index (Phi) is 7.64. The second-order valence-corrected chi connectivity index (χ2v) is 3.90. The molecule has 0 radical (unpaired) electrons. The lowest BCUT2D eigenvalue weighted by Gasteiger charge is -2.08. The van der Waals surface area contributed by atoms with Crippen molar-refractivity contribution >= 4 is 12.0 Å². The number of hydrogen-bond donors (Lipinski definition) is 2. The van der Waals surface area contributed by atoms with Crippen LogP contribution in [0.5, 0.6) is 5.75 Å². The van der Waals surface area contributed by atoms with Gasteiger partial charge in [-0.1, -0.05) is 18.2 Å². The van der Waals surface area contributed by atoms with E-state index in [1.807, 2.05) is 30.3 Å². The van der Waals surface area contributed by atoms with Gasteiger partial charge < -0.3 is 20.1 Å². The highest BCUT2D eigenvalue weighted by atomic mass is 16.5. The minimum Gasteiger partial charge on any atom is -0.492 e. The molecule has 0 saturated heterocycles. The average molecular weight is 280 g/mol. The lowest BCUT2D eigenvalue weighted by Crippen LogP contribution is -2.38. The molecule has 0 spiro atoms. The summed E-state index contributed by atoms with van der Waals surface area (Å²) in [6.07, 6.45) is 0.168. The van der Waals surface area contributed by atoms with Crippen molar-refractivity contribution in [2.75, 3.05) is 26.3 Å². The highest BCUT2D eigenvalue weighted by Crippen LogP contribution is 2.07. The van der Waals surface area contributed by atoms with Crippen LogP contribution in [0.2, 0.25) is 0 Å². The van der Waals surface area contributed by atoms with Crippen LogP contribution in [0, 0.1) is 0 Å². The molecule has 1 aromatic carbocycles. The second kappa shape index (κ2) is 9.66. The summed E-state index contributed by atoms with van der Waals surface area (Å²) in [7, 11) is 0. The molecule has 0 saturated carbocycles. The maximum absolute atomic E-state index is 11.4. The summed E-state index contributed by atoms with van der Waals surface area (Å²) in [5.41, 5.74) is 0. The summed E-state index contributed by atoms with van der Waals surface area (Å²) in [5, 5.41) is 5.20. The van der Waals surface area contributed by atoms with Crippen molar-refractivity contribution in [3.8, 4) is 5.75 Å². The summed E-state index contributed by atoms with van der Waals surface area (Å²) < 4.78 is 10.2. The molecule has 0 aliphatic carbocycles. The third kappa shape index (κ3) is 7.25. The Labute approximate surface area is 118 Å². The van der Waals surface area contributed by atoms with Gasteiger partial charge in [0.2, 0.25) is 0 Å². The summed E-state index contributed by atoms with van der Waals surface area (Å²) >= 11 is 0. The van der Waals surface area contributed by atoms with Gasteiger partial charge in [0.25, 0.3) is 0 Å². The molecule has 1 aromatic rings. The van der Waals surface area contributed by atoms with Gasteiger partial charge in [-0.15, -0.1) is 0 Å². The van der Waals surface area contributed by atoms with Gasteiger partial charge in [-0.2, -0.15) is 0 Å². The number of ether oxygens (including phenoxy) is 2. The van der Waals surface area contributed by atoms with Gasteiger partial charge in [-0.05, 0) is 19.1 Å². The van der Waals surface area contributed by atoms with Crippen molar-refractivity contribution in [3.63, 3.8) is 0 Å². The Hall–Kier alpha value is -2.24. The number of para-hydroxylation sites is 1. The second-order valence-electron chi connectivity index (χ2n) is 3.90. The molecule has 0 bridgehead atoms. The van der Waals surface area contributed by atoms with Crippen molar-refractivity contribution in [1.29, 1.82) is 0 Å². The first-order chi connectivity index (χ1) is 9.72. The van der Waals surface area contributed by atoms with Crippen molar-refractivity contribution < 1.29 is 19.1 Å². The van der Waals surface area contributed by atoms with Gasteiger partial charge in [0.05, 0.1) is 19.6 Å². The van der Waals surface area contributed by atoms with Crippen molar-refractivity contribution in [2.45, 2.75) is 13.3 Å². The van der Waals surface area contributed by atoms with Gasteiger partial charge in [0.1, 0.15) is 12.4 Å². The van der Waals surface area contributed by atoms with E-state index in [0.29, 0.717) is 19.8 Å². The van der Waals surface area contributed by atoms with E-state index in [4.69, 9.17) is 9.47 Å². The van der Waals surface area contributed by atoms with E-state index in [2.05, 4.69) is 10.6 Å². The van der Waals surface area contributed by atoms with E-state index in [9.17, 15) is 9.59 Å². The van der Waals surface area contributed by atoms with Crippen LogP contribution >= 0.6 is 0 Å². The average Bonchev–Trinajstić information content (AvgIpc) is 2.45. The minimum absolute atomic E-state index is 0.168. The molecule has 0 aliphatic heterocycles. The molecular weight excluding hydrogens is 260 g/mol. The van der Waals surface area contributed by atoms with Gasteiger partial charge in [-0.3, -0.25) is 4.79 Å².